The number of rotatable bonds is 2. The number of carbonyl (C=O) groups excluding carboxylic acids is 2. The summed E-state index contributed by atoms with van der Waals surface area (Å²) in [4.78, 5) is 32.4. The highest BCUT2D eigenvalue weighted by molar-refractivity contribution is 9.10. The molecule has 1 atom stereocenters. The molecule has 0 bridgehead atoms. The van der Waals surface area contributed by atoms with Crippen LogP contribution in [-0.4, -0.2) is 63.1 Å². The van der Waals surface area contributed by atoms with E-state index in [4.69, 9.17) is 4.84 Å². The molecule has 2 aliphatic rings. The van der Waals surface area contributed by atoms with E-state index in [0.717, 1.165) is 10.8 Å². The number of fused-ring (bicyclic) bond motifs is 3. The van der Waals surface area contributed by atoms with Gasteiger partial charge in [0.1, 0.15) is 17.6 Å². The van der Waals surface area contributed by atoms with Crippen molar-refractivity contribution in [2.24, 2.45) is 0 Å². The fraction of sp³-hybridized carbons (Fsp3) is 0.389. The molecule has 154 valence electrons. The van der Waals surface area contributed by atoms with Crippen molar-refractivity contribution < 1.29 is 23.9 Å². The number of aliphatic hydroxyl groups is 1. The lowest BCUT2D eigenvalue weighted by Crippen LogP contribution is -2.40. The number of urea groups is 1. The van der Waals surface area contributed by atoms with Crippen LogP contribution in [0, 0.1) is 5.82 Å². The lowest BCUT2D eigenvalue weighted by molar-refractivity contribution is -0.159. The topological polar surface area (TPSA) is 99.9 Å². The average molecular weight is 468 g/mol. The molecule has 2 N–H and O–H groups in total. The van der Waals surface area contributed by atoms with Crippen molar-refractivity contribution in [3.8, 4) is 0 Å². The molecular formula is C18H19BrFN5O4. The van der Waals surface area contributed by atoms with Gasteiger partial charge in [-0.05, 0) is 18.2 Å². The van der Waals surface area contributed by atoms with Crippen LogP contribution < -0.4 is 5.32 Å². The number of halogens is 2. The van der Waals surface area contributed by atoms with Gasteiger partial charge in [-0.25, -0.2) is 14.2 Å². The van der Waals surface area contributed by atoms with Gasteiger partial charge in [-0.1, -0.05) is 15.9 Å². The molecule has 3 heterocycles. The second kappa shape index (κ2) is 7.73. The van der Waals surface area contributed by atoms with Crippen molar-refractivity contribution in [2.45, 2.75) is 25.6 Å². The summed E-state index contributed by atoms with van der Waals surface area (Å²) in [6, 6.07) is 3.83. The SMILES string of the molecule is CN1OC(CO)Cn2nc3c(c2C1=O)CN(C(=O)Nc1cc(Br)ccc1F)CC3. The van der Waals surface area contributed by atoms with Crippen LogP contribution >= 0.6 is 15.9 Å². The van der Waals surface area contributed by atoms with Crippen LogP contribution in [0.3, 0.4) is 0 Å². The Morgan fingerprint density at radius 3 is 3.03 bits per heavy atom. The van der Waals surface area contributed by atoms with Gasteiger partial charge in [0.2, 0.25) is 0 Å². The van der Waals surface area contributed by atoms with Crippen LogP contribution in [0.25, 0.3) is 0 Å². The van der Waals surface area contributed by atoms with Crippen molar-refractivity contribution in [1.29, 1.82) is 0 Å². The summed E-state index contributed by atoms with van der Waals surface area (Å²) in [7, 11) is 1.48. The van der Waals surface area contributed by atoms with Crippen LogP contribution in [0.2, 0.25) is 0 Å². The second-order valence-corrected chi connectivity index (χ2v) is 7.81. The third kappa shape index (κ3) is 3.72. The highest BCUT2D eigenvalue weighted by Gasteiger charge is 2.35. The maximum absolute atomic E-state index is 14.0. The minimum absolute atomic E-state index is 0.0685. The molecule has 1 aromatic heterocycles. The minimum atomic E-state index is -0.592. The summed E-state index contributed by atoms with van der Waals surface area (Å²) in [5.41, 5.74) is 1.78. The van der Waals surface area contributed by atoms with Crippen molar-refractivity contribution >= 4 is 33.6 Å². The molecule has 3 amide bonds. The number of nitrogens with zero attached hydrogens (tertiary/aromatic N) is 4. The van der Waals surface area contributed by atoms with Gasteiger partial charge < -0.3 is 15.3 Å². The van der Waals surface area contributed by atoms with Gasteiger partial charge in [-0.3, -0.25) is 14.3 Å². The Kier molecular flexibility index (Phi) is 5.28. The first-order chi connectivity index (χ1) is 13.9. The second-order valence-electron chi connectivity index (χ2n) is 6.89. The zero-order valence-corrected chi connectivity index (χ0v) is 17.1. The van der Waals surface area contributed by atoms with E-state index in [-0.39, 0.29) is 25.4 Å². The van der Waals surface area contributed by atoms with Crippen molar-refractivity contribution in [3.63, 3.8) is 0 Å². The molecule has 2 aromatic rings. The predicted octanol–water partition coefficient (Wildman–Crippen LogP) is 1.75. The summed E-state index contributed by atoms with van der Waals surface area (Å²) < 4.78 is 16.1. The maximum Gasteiger partial charge on any atom is 0.322 e. The smallest absolute Gasteiger partial charge is 0.322 e. The number of anilines is 1. The highest BCUT2D eigenvalue weighted by Crippen LogP contribution is 2.27. The number of amides is 3. The van der Waals surface area contributed by atoms with E-state index in [2.05, 4.69) is 26.3 Å². The lowest BCUT2D eigenvalue weighted by atomic mass is 10.1. The number of aromatic nitrogens is 2. The molecular weight excluding hydrogens is 449 g/mol. The van der Waals surface area contributed by atoms with E-state index in [9.17, 15) is 19.1 Å². The molecule has 1 unspecified atom stereocenters. The Bertz CT molecular complexity index is 981. The molecule has 0 saturated carbocycles. The first kappa shape index (κ1) is 19.8. The van der Waals surface area contributed by atoms with E-state index in [1.54, 1.807) is 6.07 Å². The average Bonchev–Trinajstić information content (AvgIpc) is 3.00. The fourth-order valence-corrected chi connectivity index (χ4v) is 3.86. The van der Waals surface area contributed by atoms with Gasteiger partial charge in [0, 0.05) is 30.0 Å². The van der Waals surface area contributed by atoms with Gasteiger partial charge >= 0.3 is 6.03 Å². The van der Waals surface area contributed by atoms with E-state index in [0.29, 0.717) is 28.7 Å². The van der Waals surface area contributed by atoms with Gasteiger partial charge in [0.25, 0.3) is 5.91 Å². The summed E-state index contributed by atoms with van der Waals surface area (Å²) in [5.74, 6) is -0.933. The largest absolute Gasteiger partial charge is 0.393 e. The van der Waals surface area contributed by atoms with E-state index in [1.165, 1.54) is 28.8 Å². The number of nitrogens with one attached hydrogen (secondary N) is 1. The summed E-state index contributed by atoms with van der Waals surface area (Å²) >= 11 is 3.26. The number of hydrogen-bond acceptors (Lipinski definition) is 5. The summed E-state index contributed by atoms with van der Waals surface area (Å²) in [5, 5.41) is 17.6. The Labute approximate surface area is 174 Å². The number of benzene rings is 1. The number of hydrogen-bond donors (Lipinski definition) is 2. The van der Waals surface area contributed by atoms with Crippen molar-refractivity contribution in [1.82, 2.24) is 19.7 Å². The van der Waals surface area contributed by atoms with Gasteiger partial charge in [-0.2, -0.15) is 5.10 Å². The van der Waals surface area contributed by atoms with E-state index in [1.807, 2.05) is 0 Å². The zero-order chi connectivity index (χ0) is 20.7. The monoisotopic (exact) mass is 467 g/mol. The van der Waals surface area contributed by atoms with Crippen LogP contribution in [-0.2, 0) is 24.3 Å². The molecule has 1 aromatic carbocycles. The first-order valence-electron chi connectivity index (χ1n) is 9.02. The van der Waals surface area contributed by atoms with Crippen LogP contribution in [0.1, 0.15) is 21.7 Å². The van der Waals surface area contributed by atoms with Crippen LogP contribution in [0.5, 0.6) is 0 Å². The Balaban J connectivity index is 1.59. The molecule has 9 nitrogen and oxygen atoms in total. The summed E-state index contributed by atoms with van der Waals surface area (Å²) in [6.07, 6.45) is -0.129. The summed E-state index contributed by atoms with van der Waals surface area (Å²) in [6.45, 7) is 0.517. The van der Waals surface area contributed by atoms with Crippen molar-refractivity contribution in [3.05, 3.63) is 45.4 Å². The molecule has 0 radical (unpaired) electrons. The number of carbonyl (C=O) groups is 2. The van der Waals surface area contributed by atoms with Crippen molar-refractivity contribution in [2.75, 3.05) is 25.5 Å². The molecule has 0 aliphatic carbocycles. The highest BCUT2D eigenvalue weighted by atomic mass is 79.9. The van der Waals surface area contributed by atoms with Crippen LogP contribution in [0.4, 0.5) is 14.9 Å². The quantitative estimate of drug-likeness (QED) is 0.700. The molecule has 29 heavy (non-hydrogen) atoms. The van der Waals surface area contributed by atoms with E-state index >= 15 is 0 Å². The number of aliphatic hydroxyl groups excluding tert-OH is 1. The lowest BCUT2D eigenvalue weighted by Gasteiger charge is -2.27. The third-order valence-corrected chi connectivity index (χ3v) is 5.43. The molecule has 2 aliphatic heterocycles. The molecule has 11 heteroatoms. The van der Waals surface area contributed by atoms with Gasteiger partial charge in [-0.15, -0.1) is 0 Å². The molecule has 0 spiro atoms. The molecule has 4 rings (SSSR count). The molecule has 0 fully saturated rings. The Morgan fingerprint density at radius 1 is 1.48 bits per heavy atom. The first-order valence-corrected chi connectivity index (χ1v) is 9.82. The normalized spacial score (nSPS) is 18.9. The predicted molar refractivity (Wildman–Crippen MR) is 104 cm³/mol. The fourth-order valence-electron chi connectivity index (χ4n) is 3.50. The Hall–Kier alpha value is -2.50. The zero-order valence-electron chi connectivity index (χ0n) is 15.6. The van der Waals surface area contributed by atoms with E-state index < -0.39 is 23.9 Å². The standard InChI is InChI=1S/C18H19BrFN5O4/c1-23-17(27)16-12-8-24(18(28)21-15-6-10(19)2-3-13(15)20)5-4-14(12)22-25(16)7-11(9-26)29-23/h2-3,6,11,26H,4-5,7-9H2,1H3,(H,21,28). The number of hydroxylamine groups is 2. The van der Waals surface area contributed by atoms with Crippen LogP contribution in [0.15, 0.2) is 22.7 Å². The molecule has 0 saturated heterocycles. The third-order valence-electron chi connectivity index (χ3n) is 4.93. The van der Waals surface area contributed by atoms with Gasteiger partial charge in [0.15, 0.2) is 0 Å². The van der Waals surface area contributed by atoms with Gasteiger partial charge in [0.05, 0.1) is 31.1 Å². The Morgan fingerprint density at radius 2 is 2.28 bits per heavy atom. The minimum Gasteiger partial charge on any atom is -0.393 e. The maximum atomic E-state index is 14.0.